The van der Waals surface area contributed by atoms with Gasteiger partial charge in [-0.2, -0.15) is 0 Å². The first-order chi connectivity index (χ1) is 6.77. The number of nitrogens with zero attached hydrogens (tertiary/aromatic N) is 1. The maximum atomic E-state index is 11.9. The second-order valence-electron chi connectivity index (χ2n) is 3.45. The van der Waals surface area contributed by atoms with Crippen LogP contribution >= 0.6 is 0 Å². The summed E-state index contributed by atoms with van der Waals surface area (Å²) >= 11 is 0. The SMILES string of the molecule is CN1C=C[NH+](C(=O)c2ccccc2)C1.[Br-]. The first-order valence-electron chi connectivity index (χ1n) is 4.61. The van der Waals surface area contributed by atoms with Crippen LogP contribution in [0.15, 0.2) is 42.7 Å². The molecular weight excluding hydrogens is 256 g/mol. The van der Waals surface area contributed by atoms with Crippen molar-refractivity contribution in [2.75, 3.05) is 13.7 Å². The van der Waals surface area contributed by atoms with Gasteiger partial charge in [-0.3, -0.25) is 0 Å². The molecule has 1 amide bonds. The van der Waals surface area contributed by atoms with E-state index in [4.69, 9.17) is 0 Å². The second kappa shape index (κ2) is 5.09. The largest absolute Gasteiger partial charge is 1.00 e. The maximum Gasteiger partial charge on any atom is 0.350 e. The average Bonchev–Trinajstić information content (AvgIpc) is 2.65. The van der Waals surface area contributed by atoms with Gasteiger partial charge in [-0.15, -0.1) is 0 Å². The van der Waals surface area contributed by atoms with Gasteiger partial charge < -0.3 is 21.9 Å². The molecule has 15 heavy (non-hydrogen) atoms. The van der Waals surface area contributed by atoms with Crippen LogP contribution in [0.3, 0.4) is 0 Å². The molecule has 1 heterocycles. The number of nitrogens with one attached hydrogen (secondary N) is 1. The third-order valence-electron chi connectivity index (χ3n) is 2.28. The highest BCUT2D eigenvalue weighted by molar-refractivity contribution is 5.87. The summed E-state index contributed by atoms with van der Waals surface area (Å²) in [6.45, 7) is 0.716. The van der Waals surface area contributed by atoms with Gasteiger partial charge in [0, 0.05) is 7.05 Å². The molecule has 1 aromatic rings. The van der Waals surface area contributed by atoms with Crippen molar-refractivity contribution in [2.24, 2.45) is 0 Å². The molecule has 0 aliphatic carbocycles. The number of amides is 1. The molecule has 0 saturated heterocycles. The van der Waals surface area contributed by atoms with E-state index in [0.29, 0.717) is 6.67 Å². The zero-order valence-electron chi connectivity index (χ0n) is 8.48. The van der Waals surface area contributed by atoms with Crippen molar-refractivity contribution >= 4 is 5.91 Å². The van der Waals surface area contributed by atoms with Crippen molar-refractivity contribution in [2.45, 2.75) is 0 Å². The van der Waals surface area contributed by atoms with Crippen LogP contribution in [0.4, 0.5) is 0 Å². The van der Waals surface area contributed by atoms with E-state index >= 15 is 0 Å². The van der Waals surface area contributed by atoms with Gasteiger partial charge in [0.25, 0.3) is 0 Å². The molecule has 0 spiro atoms. The van der Waals surface area contributed by atoms with Gasteiger partial charge in [-0.05, 0) is 12.1 Å². The summed E-state index contributed by atoms with van der Waals surface area (Å²) in [6.07, 6.45) is 3.81. The summed E-state index contributed by atoms with van der Waals surface area (Å²) in [7, 11) is 1.96. The monoisotopic (exact) mass is 268 g/mol. The summed E-state index contributed by atoms with van der Waals surface area (Å²) in [6, 6.07) is 9.38. The van der Waals surface area contributed by atoms with Crippen molar-refractivity contribution in [3.05, 3.63) is 48.3 Å². The highest BCUT2D eigenvalue weighted by Crippen LogP contribution is 1.96. The fraction of sp³-hybridized carbons (Fsp3) is 0.182. The third-order valence-corrected chi connectivity index (χ3v) is 2.28. The van der Waals surface area contributed by atoms with Gasteiger partial charge in [-0.1, -0.05) is 18.2 Å². The minimum atomic E-state index is 0. The number of halogens is 1. The Kier molecular flexibility index (Phi) is 4.05. The summed E-state index contributed by atoms with van der Waals surface area (Å²) in [5, 5.41) is 0. The van der Waals surface area contributed by atoms with Gasteiger partial charge in [-0.25, -0.2) is 9.69 Å². The van der Waals surface area contributed by atoms with Crippen LogP contribution in [0.25, 0.3) is 0 Å². The van der Waals surface area contributed by atoms with Crippen LogP contribution in [0.1, 0.15) is 10.4 Å². The number of rotatable bonds is 1. The Morgan fingerprint density at radius 2 is 2.00 bits per heavy atom. The van der Waals surface area contributed by atoms with Gasteiger partial charge >= 0.3 is 5.91 Å². The molecule has 0 bridgehead atoms. The molecule has 0 aromatic heterocycles. The summed E-state index contributed by atoms with van der Waals surface area (Å²) in [5.74, 6) is 0.131. The topological polar surface area (TPSA) is 24.8 Å². The van der Waals surface area contributed by atoms with E-state index in [2.05, 4.69) is 0 Å². The third kappa shape index (κ3) is 2.67. The fourth-order valence-electron chi connectivity index (χ4n) is 1.51. The van der Waals surface area contributed by atoms with Gasteiger partial charge in [0.1, 0.15) is 6.20 Å². The number of hydrogen-bond donors (Lipinski definition) is 1. The average molecular weight is 269 g/mol. The first-order valence-corrected chi connectivity index (χ1v) is 4.61. The predicted octanol–water partition coefficient (Wildman–Crippen LogP) is -2.91. The maximum absolute atomic E-state index is 11.9. The van der Waals surface area contributed by atoms with Crippen molar-refractivity contribution in [3.63, 3.8) is 0 Å². The lowest BCUT2D eigenvalue weighted by molar-refractivity contribution is -0.758. The minimum absolute atomic E-state index is 0. The van der Waals surface area contributed by atoms with Crippen LogP contribution in [0.2, 0.25) is 0 Å². The molecule has 80 valence electrons. The van der Waals surface area contributed by atoms with Gasteiger partial charge in [0.05, 0.1) is 11.8 Å². The zero-order chi connectivity index (χ0) is 9.97. The number of quaternary nitrogens is 1. The van der Waals surface area contributed by atoms with Gasteiger partial charge in [0.2, 0.25) is 0 Å². The summed E-state index contributed by atoms with van der Waals surface area (Å²) in [4.78, 5) is 14.7. The number of benzene rings is 1. The van der Waals surface area contributed by atoms with Crippen LogP contribution in [0.5, 0.6) is 0 Å². The highest BCUT2D eigenvalue weighted by atomic mass is 79.9. The standard InChI is InChI=1S/C11H12N2O.BrH/c1-12-7-8-13(9-12)11(14)10-5-3-2-4-6-10;/h2-8H,9H2,1H3;1H. The lowest BCUT2D eigenvalue weighted by Gasteiger charge is -2.10. The quantitative estimate of drug-likeness (QED) is 0.591. The summed E-state index contributed by atoms with van der Waals surface area (Å²) in [5.41, 5.74) is 0.766. The van der Waals surface area contributed by atoms with Gasteiger partial charge in [0.15, 0.2) is 6.67 Å². The Morgan fingerprint density at radius 1 is 1.33 bits per heavy atom. The number of carbonyl (C=O) groups is 1. The number of carbonyl (C=O) groups excluding carboxylic acids is 1. The Morgan fingerprint density at radius 3 is 2.53 bits per heavy atom. The normalized spacial score (nSPS) is 18.7. The van der Waals surface area contributed by atoms with Crippen molar-refractivity contribution in [1.82, 2.24) is 4.90 Å². The zero-order valence-corrected chi connectivity index (χ0v) is 10.1. The molecule has 1 N–H and O–H groups in total. The Balaban J connectivity index is 0.00000112. The second-order valence-corrected chi connectivity index (χ2v) is 3.45. The predicted molar refractivity (Wildman–Crippen MR) is 53.5 cm³/mol. The van der Waals surface area contributed by atoms with Crippen LogP contribution in [-0.4, -0.2) is 24.5 Å². The molecule has 1 unspecified atom stereocenters. The van der Waals surface area contributed by atoms with E-state index in [9.17, 15) is 4.79 Å². The van der Waals surface area contributed by atoms with E-state index < -0.39 is 0 Å². The summed E-state index contributed by atoms with van der Waals surface area (Å²) < 4.78 is 0. The first kappa shape index (κ1) is 11.9. The van der Waals surface area contributed by atoms with E-state index in [1.54, 1.807) is 0 Å². The molecule has 1 aliphatic heterocycles. The van der Waals surface area contributed by atoms with Crippen LogP contribution < -0.4 is 21.9 Å². The Bertz CT molecular complexity index is 364. The van der Waals surface area contributed by atoms with Crippen LogP contribution in [-0.2, 0) is 0 Å². The van der Waals surface area contributed by atoms with Crippen molar-refractivity contribution in [1.29, 1.82) is 0 Å². The molecule has 0 radical (unpaired) electrons. The van der Waals surface area contributed by atoms with E-state index in [1.807, 2.05) is 54.7 Å². The molecule has 4 heteroatoms. The molecule has 2 rings (SSSR count). The molecule has 1 atom stereocenters. The van der Waals surface area contributed by atoms with Crippen molar-refractivity contribution in [3.8, 4) is 0 Å². The van der Waals surface area contributed by atoms with E-state index in [1.165, 1.54) is 0 Å². The Labute approximate surface area is 99.8 Å². The molecule has 3 nitrogen and oxygen atoms in total. The number of hydrogen-bond acceptors (Lipinski definition) is 2. The molecule has 1 aromatic carbocycles. The fourth-order valence-corrected chi connectivity index (χ4v) is 1.51. The van der Waals surface area contributed by atoms with E-state index in [-0.39, 0.29) is 22.9 Å². The van der Waals surface area contributed by atoms with Crippen molar-refractivity contribution < 1.29 is 26.7 Å². The molecule has 0 saturated carbocycles. The lowest BCUT2D eigenvalue weighted by Crippen LogP contribution is -3.10. The lowest BCUT2D eigenvalue weighted by atomic mass is 10.2. The highest BCUT2D eigenvalue weighted by Gasteiger charge is 2.23. The van der Waals surface area contributed by atoms with E-state index in [0.717, 1.165) is 10.5 Å². The Hall–Kier alpha value is -1.13. The smallest absolute Gasteiger partial charge is 0.350 e. The van der Waals surface area contributed by atoms with Crippen LogP contribution in [0, 0.1) is 0 Å². The molecular formula is C11H13BrN2O. The molecule has 0 fully saturated rings. The molecule has 1 aliphatic rings. The minimum Gasteiger partial charge on any atom is -1.00 e.